The van der Waals surface area contributed by atoms with E-state index in [-0.39, 0.29) is 12.7 Å². The summed E-state index contributed by atoms with van der Waals surface area (Å²) < 4.78 is 23.8. The molecule has 0 atom stereocenters. The molecule has 0 saturated heterocycles. The fourth-order valence-corrected chi connectivity index (χ4v) is 2.98. The van der Waals surface area contributed by atoms with Crippen LogP contribution in [-0.4, -0.2) is 19.4 Å². The van der Waals surface area contributed by atoms with Gasteiger partial charge in [0.05, 0.1) is 0 Å². The molecule has 3 rings (SSSR count). The highest BCUT2D eigenvalue weighted by Crippen LogP contribution is 2.46. The van der Waals surface area contributed by atoms with Gasteiger partial charge < -0.3 is 14.0 Å². The van der Waals surface area contributed by atoms with Crippen LogP contribution in [0.3, 0.4) is 0 Å². The number of hydrogen-bond acceptors (Lipinski definition) is 3. The monoisotopic (exact) mass is 274 g/mol. The van der Waals surface area contributed by atoms with E-state index in [4.69, 9.17) is 9.47 Å². The van der Waals surface area contributed by atoms with Gasteiger partial charge in [-0.25, -0.2) is 0 Å². The fourth-order valence-electron chi connectivity index (χ4n) is 2.08. The second-order valence-electron chi connectivity index (χ2n) is 4.84. The van der Waals surface area contributed by atoms with Gasteiger partial charge in [-0.2, -0.15) is 0 Å². The van der Waals surface area contributed by atoms with E-state index < -0.39 is 7.14 Å². The third kappa shape index (κ3) is 2.52. The summed E-state index contributed by atoms with van der Waals surface area (Å²) in [6.45, 7) is 1.71. The number of hydrogen-bond donors (Lipinski definition) is 0. The summed E-state index contributed by atoms with van der Waals surface area (Å²) in [5.41, 5.74) is 1.94. The summed E-state index contributed by atoms with van der Waals surface area (Å²) in [5, 5.41) is 0. The van der Waals surface area contributed by atoms with Crippen molar-refractivity contribution in [1.29, 1.82) is 0 Å². The average molecular weight is 274 g/mol. The van der Waals surface area contributed by atoms with E-state index in [9.17, 15) is 4.57 Å². The van der Waals surface area contributed by atoms with Crippen LogP contribution in [0.2, 0.25) is 0 Å². The zero-order chi connectivity index (χ0) is 13.3. The predicted molar refractivity (Wildman–Crippen MR) is 76.4 cm³/mol. The van der Waals surface area contributed by atoms with Crippen LogP contribution in [0.4, 0.5) is 0 Å². The van der Waals surface area contributed by atoms with E-state index in [0.717, 1.165) is 22.6 Å². The smallest absolute Gasteiger partial charge is 0.156 e. The molecule has 1 heterocycles. The van der Waals surface area contributed by atoms with Gasteiger partial charge in [0.25, 0.3) is 0 Å². The average Bonchev–Trinajstić information content (AvgIpc) is 2.48. The molecule has 3 nitrogen and oxygen atoms in total. The first-order valence-corrected chi connectivity index (χ1v) is 8.68. The highest BCUT2D eigenvalue weighted by Gasteiger charge is 2.22. The molecule has 2 aromatic carbocycles. The fraction of sp³-hybridized carbons (Fsp3) is 0.200. The Hall–Kier alpha value is -1.73. The van der Waals surface area contributed by atoms with Crippen LogP contribution >= 0.6 is 7.14 Å². The molecule has 0 aromatic heterocycles. The molecule has 0 bridgehead atoms. The molecular formula is C15H15O3P. The lowest BCUT2D eigenvalue weighted by Gasteiger charge is -2.13. The van der Waals surface area contributed by atoms with Crippen molar-refractivity contribution in [2.75, 3.05) is 19.4 Å². The molecule has 0 spiro atoms. The molecule has 2 aromatic rings. The zero-order valence-corrected chi connectivity index (χ0v) is 11.6. The lowest BCUT2D eigenvalue weighted by Crippen LogP contribution is -2.04. The van der Waals surface area contributed by atoms with Gasteiger partial charge in [0.2, 0.25) is 0 Å². The molecular weight excluding hydrogens is 259 g/mol. The van der Waals surface area contributed by atoms with Crippen LogP contribution < -0.4 is 9.47 Å². The van der Waals surface area contributed by atoms with Gasteiger partial charge >= 0.3 is 0 Å². The Bertz CT molecular complexity index is 598. The van der Waals surface area contributed by atoms with Crippen molar-refractivity contribution in [3.8, 4) is 22.6 Å². The summed E-state index contributed by atoms with van der Waals surface area (Å²) in [5.74, 6) is 1.50. The van der Waals surface area contributed by atoms with Crippen LogP contribution in [0.1, 0.15) is 0 Å². The van der Waals surface area contributed by atoms with Gasteiger partial charge in [0.1, 0.15) is 24.2 Å². The van der Waals surface area contributed by atoms with Gasteiger partial charge in [-0.3, -0.25) is 0 Å². The first-order valence-electron chi connectivity index (χ1n) is 6.15. The van der Waals surface area contributed by atoms with Gasteiger partial charge in [-0.15, -0.1) is 0 Å². The van der Waals surface area contributed by atoms with E-state index in [0.29, 0.717) is 0 Å². The maximum Gasteiger partial charge on any atom is 0.156 e. The Morgan fingerprint density at radius 2 is 1.26 bits per heavy atom. The number of rotatable bonds is 0. The topological polar surface area (TPSA) is 35.5 Å². The van der Waals surface area contributed by atoms with E-state index in [1.165, 1.54) is 0 Å². The lowest BCUT2D eigenvalue weighted by atomic mass is 10.0. The summed E-state index contributed by atoms with van der Waals surface area (Å²) in [6.07, 6.45) is 0.413. The van der Waals surface area contributed by atoms with Crippen LogP contribution in [-0.2, 0) is 4.57 Å². The van der Waals surface area contributed by atoms with Crippen molar-refractivity contribution in [3.63, 3.8) is 0 Å². The minimum atomic E-state index is -2.44. The zero-order valence-electron chi connectivity index (χ0n) is 10.7. The minimum absolute atomic E-state index is 0.206. The summed E-state index contributed by atoms with van der Waals surface area (Å²) in [7, 11) is -2.44. The van der Waals surface area contributed by atoms with E-state index >= 15 is 0 Å². The van der Waals surface area contributed by atoms with Crippen molar-refractivity contribution < 1.29 is 14.0 Å². The van der Waals surface area contributed by atoms with Gasteiger partial charge in [-0.05, 0) is 18.8 Å². The second-order valence-corrected chi connectivity index (χ2v) is 7.95. The SMILES string of the molecule is CP1(=O)COc2ccccc2-c2ccccc2OC1. The number of fused-ring (bicyclic) bond motifs is 3. The first-order chi connectivity index (χ1) is 9.16. The first kappa shape index (κ1) is 12.3. The molecule has 0 N–H and O–H groups in total. The standard InChI is InChI=1S/C15H15O3P/c1-19(16)10-17-14-8-4-2-6-12(14)13-7-3-5-9-15(13)18-11-19/h2-9H,10-11H2,1H3. The Morgan fingerprint density at radius 1 is 0.842 bits per heavy atom. The lowest BCUT2D eigenvalue weighted by molar-refractivity contribution is 0.353. The van der Waals surface area contributed by atoms with Crippen LogP contribution in [0.5, 0.6) is 11.5 Å². The van der Waals surface area contributed by atoms with Crippen molar-refractivity contribution >= 4 is 7.14 Å². The molecule has 0 saturated carbocycles. The molecule has 1 aliphatic heterocycles. The molecule has 1 aliphatic rings. The van der Waals surface area contributed by atoms with Crippen LogP contribution in [0.15, 0.2) is 48.5 Å². The Labute approximate surface area is 112 Å². The molecule has 19 heavy (non-hydrogen) atoms. The van der Waals surface area contributed by atoms with Crippen LogP contribution in [0.25, 0.3) is 11.1 Å². The molecule has 0 fully saturated rings. The predicted octanol–water partition coefficient (Wildman–Crippen LogP) is 4.03. The molecule has 98 valence electrons. The molecule has 0 radical (unpaired) electrons. The third-order valence-electron chi connectivity index (χ3n) is 3.05. The van der Waals surface area contributed by atoms with Crippen molar-refractivity contribution in [1.82, 2.24) is 0 Å². The van der Waals surface area contributed by atoms with Crippen LogP contribution in [0, 0.1) is 0 Å². The molecule has 4 heteroatoms. The van der Waals surface area contributed by atoms with Crippen molar-refractivity contribution in [3.05, 3.63) is 48.5 Å². The number of para-hydroxylation sites is 2. The summed E-state index contributed by atoms with van der Waals surface area (Å²) in [4.78, 5) is 0. The minimum Gasteiger partial charge on any atom is -0.485 e. The largest absolute Gasteiger partial charge is 0.485 e. The number of ether oxygens (including phenoxy) is 2. The van der Waals surface area contributed by atoms with Crippen molar-refractivity contribution in [2.45, 2.75) is 0 Å². The van der Waals surface area contributed by atoms with E-state index in [1.807, 2.05) is 48.5 Å². The summed E-state index contributed by atoms with van der Waals surface area (Å²) >= 11 is 0. The van der Waals surface area contributed by atoms with Gasteiger partial charge in [-0.1, -0.05) is 36.4 Å². The van der Waals surface area contributed by atoms with E-state index in [1.54, 1.807) is 6.66 Å². The van der Waals surface area contributed by atoms with E-state index in [2.05, 4.69) is 0 Å². The maximum absolute atomic E-state index is 12.3. The normalized spacial score (nSPS) is 16.7. The molecule has 0 amide bonds. The maximum atomic E-state index is 12.3. The Balaban J connectivity index is 2.18. The highest BCUT2D eigenvalue weighted by atomic mass is 31.2. The third-order valence-corrected chi connectivity index (χ3v) is 4.40. The number of benzene rings is 2. The molecule has 0 unspecified atom stereocenters. The van der Waals surface area contributed by atoms with Gasteiger partial charge in [0.15, 0.2) is 7.14 Å². The quantitative estimate of drug-likeness (QED) is 0.680. The van der Waals surface area contributed by atoms with Gasteiger partial charge in [0, 0.05) is 11.1 Å². The molecule has 0 aliphatic carbocycles. The second kappa shape index (κ2) is 4.75. The summed E-state index contributed by atoms with van der Waals surface area (Å²) in [6, 6.07) is 15.5. The highest BCUT2D eigenvalue weighted by molar-refractivity contribution is 7.62. The Kier molecular flexibility index (Phi) is 3.08. The Morgan fingerprint density at radius 3 is 1.74 bits per heavy atom. The van der Waals surface area contributed by atoms with Crippen molar-refractivity contribution in [2.24, 2.45) is 0 Å².